The molecule has 0 amide bonds. The van der Waals surface area contributed by atoms with Crippen molar-refractivity contribution in [2.45, 2.75) is 31.9 Å². The summed E-state index contributed by atoms with van der Waals surface area (Å²) in [6.07, 6.45) is -7.86. The van der Waals surface area contributed by atoms with E-state index in [0.29, 0.717) is 12.0 Å². The van der Waals surface area contributed by atoms with Crippen molar-refractivity contribution >= 4 is 0 Å². The van der Waals surface area contributed by atoms with Gasteiger partial charge in [0.1, 0.15) is 5.75 Å². The molecule has 0 radical (unpaired) electrons. The summed E-state index contributed by atoms with van der Waals surface area (Å²) in [5.41, 5.74) is 1.36. The van der Waals surface area contributed by atoms with Crippen LogP contribution in [-0.4, -0.2) is 43.6 Å². The van der Waals surface area contributed by atoms with Gasteiger partial charge in [-0.15, -0.1) is 6.58 Å². The van der Waals surface area contributed by atoms with Gasteiger partial charge in [0, 0.05) is 37.8 Å². The molecule has 2 rings (SSSR count). The fraction of sp³-hybridized carbons (Fsp3) is 0.529. The van der Waals surface area contributed by atoms with E-state index in [9.17, 15) is 17.6 Å². The fourth-order valence-electron chi connectivity index (χ4n) is 2.80. The van der Waals surface area contributed by atoms with Gasteiger partial charge < -0.3 is 10.1 Å². The minimum absolute atomic E-state index is 0.215. The fourth-order valence-corrected chi connectivity index (χ4v) is 2.80. The summed E-state index contributed by atoms with van der Waals surface area (Å²) in [4.78, 5) is 2.13. The van der Waals surface area contributed by atoms with Crippen molar-refractivity contribution in [3.63, 3.8) is 0 Å². The van der Waals surface area contributed by atoms with Crippen molar-refractivity contribution in [2.75, 3.05) is 26.2 Å². The highest BCUT2D eigenvalue weighted by atomic mass is 19.3. The van der Waals surface area contributed by atoms with Gasteiger partial charge in [0.15, 0.2) is 0 Å². The Morgan fingerprint density at radius 1 is 1.29 bits per heavy atom. The Kier molecular flexibility index (Phi) is 6.23. The van der Waals surface area contributed by atoms with Crippen LogP contribution in [0.25, 0.3) is 0 Å². The number of halogens is 4. The Labute approximate surface area is 139 Å². The summed E-state index contributed by atoms with van der Waals surface area (Å²) in [6.45, 7) is 8.78. The average molecular weight is 346 g/mol. The molecule has 0 saturated carbocycles. The van der Waals surface area contributed by atoms with Gasteiger partial charge in [0.2, 0.25) is 0 Å². The Bertz CT molecular complexity index is 559. The number of piperazine rings is 1. The molecule has 0 spiro atoms. The van der Waals surface area contributed by atoms with Gasteiger partial charge in [0.25, 0.3) is 0 Å². The van der Waals surface area contributed by atoms with E-state index in [1.54, 1.807) is 12.1 Å². The van der Waals surface area contributed by atoms with E-state index in [1.165, 1.54) is 12.1 Å². The van der Waals surface area contributed by atoms with Crippen molar-refractivity contribution in [3.8, 4) is 5.75 Å². The van der Waals surface area contributed by atoms with Gasteiger partial charge in [-0.05, 0) is 19.4 Å². The molecule has 7 heteroatoms. The Hall–Kier alpha value is -1.60. The number of para-hydroxylation sites is 1. The number of rotatable bonds is 7. The third kappa shape index (κ3) is 4.70. The van der Waals surface area contributed by atoms with E-state index in [0.717, 1.165) is 31.8 Å². The molecular weight excluding hydrogens is 324 g/mol. The molecule has 3 nitrogen and oxygen atoms in total. The molecule has 0 bridgehead atoms. The smallest absolute Gasteiger partial charge is 0.428 e. The molecule has 1 saturated heterocycles. The van der Waals surface area contributed by atoms with Crippen LogP contribution in [-0.2, 0) is 0 Å². The van der Waals surface area contributed by atoms with Gasteiger partial charge in [-0.1, -0.05) is 23.8 Å². The van der Waals surface area contributed by atoms with Crippen LogP contribution >= 0.6 is 0 Å². The van der Waals surface area contributed by atoms with E-state index in [4.69, 9.17) is 0 Å². The summed E-state index contributed by atoms with van der Waals surface area (Å²) in [6, 6.07) is 5.90. The lowest BCUT2D eigenvalue weighted by Crippen LogP contribution is -2.45. The first-order valence-electron chi connectivity index (χ1n) is 7.84. The number of nitrogens with zero attached hydrogens (tertiary/aromatic N) is 1. The van der Waals surface area contributed by atoms with Gasteiger partial charge in [-0.2, -0.15) is 17.6 Å². The third-order valence-corrected chi connectivity index (χ3v) is 3.91. The standard InChI is InChI=1S/C17H22F4N2O/c1-12(2)11-14(23-9-7-22-8-10-23)13-5-3-4-6-15(13)24-17(20,21)16(18)19/h3-6,14,16,22H,1,7-11H2,2H3/t14-/m0/s1. The first-order chi connectivity index (χ1) is 11.3. The maximum Gasteiger partial charge on any atom is 0.461 e. The predicted molar refractivity (Wildman–Crippen MR) is 84.6 cm³/mol. The lowest BCUT2D eigenvalue weighted by atomic mass is 9.97. The molecule has 1 heterocycles. The molecule has 1 aliphatic heterocycles. The molecule has 0 aliphatic carbocycles. The second-order valence-corrected chi connectivity index (χ2v) is 5.97. The zero-order valence-corrected chi connectivity index (χ0v) is 13.6. The number of hydrogen-bond acceptors (Lipinski definition) is 3. The monoisotopic (exact) mass is 346 g/mol. The summed E-state index contributed by atoms with van der Waals surface area (Å²) in [5, 5.41) is 3.23. The Balaban J connectivity index is 2.33. The molecule has 1 aromatic rings. The number of alkyl halides is 4. The first-order valence-corrected chi connectivity index (χ1v) is 7.84. The van der Waals surface area contributed by atoms with Gasteiger partial charge in [-0.25, -0.2) is 0 Å². The van der Waals surface area contributed by atoms with Crippen LogP contribution in [0.3, 0.4) is 0 Å². The van der Waals surface area contributed by atoms with Crippen LogP contribution < -0.4 is 10.1 Å². The van der Waals surface area contributed by atoms with Crippen molar-refractivity contribution in [1.82, 2.24) is 10.2 Å². The molecule has 1 aliphatic rings. The van der Waals surface area contributed by atoms with Crippen LogP contribution in [0.15, 0.2) is 36.4 Å². The highest BCUT2D eigenvalue weighted by Gasteiger charge is 2.44. The zero-order valence-electron chi connectivity index (χ0n) is 13.6. The predicted octanol–water partition coefficient (Wildman–Crippen LogP) is 3.84. The normalized spacial score (nSPS) is 17.8. The number of hydrogen-bond donors (Lipinski definition) is 1. The molecule has 1 N–H and O–H groups in total. The number of ether oxygens (including phenoxy) is 1. The molecule has 0 unspecified atom stereocenters. The number of nitrogens with one attached hydrogen (secondary N) is 1. The van der Waals surface area contributed by atoms with Crippen molar-refractivity contribution < 1.29 is 22.3 Å². The maximum atomic E-state index is 13.4. The summed E-state index contributed by atoms with van der Waals surface area (Å²) in [5.74, 6) is -0.215. The second kappa shape index (κ2) is 7.98. The van der Waals surface area contributed by atoms with E-state index >= 15 is 0 Å². The van der Waals surface area contributed by atoms with Crippen LogP contribution in [0.4, 0.5) is 17.6 Å². The quantitative estimate of drug-likeness (QED) is 0.600. The lowest BCUT2D eigenvalue weighted by Gasteiger charge is -2.36. The summed E-state index contributed by atoms with van der Waals surface area (Å²) >= 11 is 0. The molecule has 0 aromatic heterocycles. The Morgan fingerprint density at radius 2 is 1.92 bits per heavy atom. The van der Waals surface area contributed by atoms with E-state index in [-0.39, 0.29) is 11.8 Å². The third-order valence-electron chi connectivity index (χ3n) is 3.91. The molecule has 134 valence electrons. The van der Waals surface area contributed by atoms with Crippen molar-refractivity contribution in [2.24, 2.45) is 0 Å². The van der Waals surface area contributed by atoms with E-state index < -0.39 is 12.5 Å². The number of benzene rings is 1. The highest BCUT2D eigenvalue weighted by molar-refractivity contribution is 5.37. The molecule has 24 heavy (non-hydrogen) atoms. The zero-order chi connectivity index (χ0) is 17.7. The van der Waals surface area contributed by atoms with Crippen LogP contribution in [0.1, 0.15) is 24.9 Å². The summed E-state index contributed by atoms with van der Waals surface area (Å²) in [7, 11) is 0. The molecular formula is C17H22F4N2O. The van der Waals surface area contributed by atoms with Crippen LogP contribution in [0.5, 0.6) is 5.75 Å². The van der Waals surface area contributed by atoms with E-state index in [1.807, 2.05) is 6.92 Å². The highest BCUT2D eigenvalue weighted by Crippen LogP contribution is 2.37. The van der Waals surface area contributed by atoms with E-state index in [2.05, 4.69) is 21.5 Å². The Morgan fingerprint density at radius 3 is 2.50 bits per heavy atom. The van der Waals surface area contributed by atoms with Crippen molar-refractivity contribution in [1.29, 1.82) is 0 Å². The van der Waals surface area contributed by atoms with Gasteiger partial charge in [0.05, 0.1) is 0 Å². The molecule has 1 atom stereocenters. The minimum Gasteiger partial charge on any atom is -0.428 e. The average Bonchev–Trinajstić information content (AvgIpc) is 2.53. The first kappa shape index (κ1) is 18.7. The lowest BCUT2D eigenvalue weighted by molar-refractivity contribution is -0.253. The maximum absolute atomic E-state index is 13.4. The minimum atomic E-state index is -4.52. The summed E-state index contributed by atoms with van der Waals surface area (Å²) < 4.78 is 56.1. The molecule has 1 fully saturated rings. The molecule has 1 aromatic carbocycles. The second-order valence-electron chi connectivity index (χ2n) is 5.97. The van der Waals surface area contributed by atoms with Crippen LogP contribution in [0, 0.1) is 0 Å². The van der Waals surface area contributed by atoms with Crippen molar-refractivity contribution in [3.05, 3.63) is 42.0 Å². The van der Waals surface area contributed by atoms with Gasteiger partial charge in [-0.3, -0.25) is 4.90 Å². The SMILES string of the molecule is C=C(C)C[C@@H](c1ccccc1OC(F)(F)C(F)F)N1CCNCC1. The topological polar surface area (TPSA) is 24.5 Å². The van der Waals surface area contributed by atoms with Crippen LogP contribution in [0.2, 0.25) is 0 Å². The van der Waals surface area contributed by atoms with Gasteiger partial charge >= 0.3 is 12.5 Å². The largest absolute Gasteiger partial charge is 0.461 e.